The number of carbonyl (C=O) groups is 3. The number of unbranched alkanes of at least 4 members (excludes halogenated alkanes) is 12. The van der Waals surface area contributed by atoms with Crippen LogP contribution in [0.25, 0.3) is 0 Å². The molecule has 0 saturated carbocycles. The molecule has 180 valence electrons. The van der Waals surface area contributed by atoms with E-state index in [4.69, 9.17) is 15.3 Å². The maximum atomic E-state index is 11.1. The zero-order chi connectivity index (χ0) is 23.4. The van der Waals surface area contributed by atoms with Gasteiger partial charge in [0.25, 0.3) is 0 Å². The van der Waals surface area contributed by atoms with E-state index < -0.39 is 42.0 Å². The lowest BCUT2D eigenvalue weighted by atomic mass is 10.1. The summed E-state index contributed by atoms with van der Waals surface area (Å²) in [6, 6.07) is 0. The molecule has 0 bridgehead atoms. The van der Waals surface area contributed by atoms with Crippen molar-refractivity contribution in [3.05, 3.63) is 12.2 Å². The number of aliphatic carboxylic acids is 3. The molecule has 0 aliphatic carbocycles. The van der Waals surface area contributed by atoms with Gasteiger partial charge in [0.05, 0.1) is 6.54 Å². The van der Waals surface area contributed by atoms with Gasteiger partial charge in [-0.25, -0.2) is 14.4 Å². The molecule has 0 fully saturated rings. The smallest absolute Gasteiger partial charge is 0.359 e. The molecule has 7 heteroatoms. The summed E-state index contributed by atoms with van der Waals surface area (Å²) in [7, 11) is 0. The van der Waals surface area contributed by atoms with E-state index in [1.807, 2.05) is 0 Å². The first-order chi connectivity index (χ1) is 14.8. The van der Waals surface area contributed by atoms with Crippen molar-refractivity contribution in [1.29, 1.82) is 0 Å². The van der Waals surface area contributed by atoms with Crippen LogP contribution in [0, 0.1) is 0 Å². The van der Waals surface area contributed by atoms with Crippen LogP contribution in [-0.4, -0.2) is 63.9 Å². The van der Waals surface area contributed by atoms with Crippen molar-refractivity contribution in [3.8, 4) is 0 Å². The fraction of sp³-hybridized carbons (Fsp3) is 0.792. The predicted molar refractivity (Wildman–Crippen MR) is 122 cm³/mol. The summed E-state index contributed by atoms with van der Waals surface area (Å²) in [5.41, 5.74) is 0. The summed E-state index contributed by atoms with van der Waals surface area (Å²) in [4.78, 5) is 33.4. The Bertz CT molecular complexity index is 491. The maximum absolute atomic E-state index is 11.1. The number of hydrogen-bond donors (Lipinski definition) is 3. The molecule has 31 heavy (non-hydrogen) atoms. The highest BCUT2D eigenvalue weighted by molar-refractivity contribution is 5.73. The van der Waals surface area contributed by atoms with E-state index in [1.165, 1.54) is 57.8 Å². The lowest BCUT2D eigenvalue weighted by Gasteiger charge is -2.34. The summed E-state index contributed by atoms with van der Waals surface area (Å²) >= 11 is 0. The van der Waals surface area contributed by atoms with Crippen molar-refractivity contribution >= 4 is 17.9 Å². The van der Waals surface area contributed by atoms with Gasteiger partial charge in [-0.2, -0.15) is 0 Å². The Morgan fingerprint density at radius 2 is 0.935 bits per heavy atom. The Morgan fingerprint density at radius 3 is 1.32 bits per heavy atom. The monoisotopic (exact) mass is 442 g/mol. The summed E-state index contributed by atoms with van der Waals surface area (Å²) in [6.07, 6.45) is 20.8. The fourth-order valence-electron chi connectivity index (χ4n) is 3.96. The van der Waals surface area contributed by atoms with E-state index in [0.717, 1.165) is 25.7 Å². The third kappa shape index (κ3) is 18.6. The van der Waals surface area contributed by atoms with Crippen LogP contribution >= 0.6 is 0 Å². The first-order valence-corrected chi connectivity index (χ1v) is 12.0. The van der Waals surface area contributed by atoms with Crippen LogP contribution in [0.5, 0.6) is 0 Å². The van der Waals surface area contributed by atoms with Gasteiger partial charge in [0.1, 0.15) is 0 Å². The van der Waals surface area contributed by atoms with Gasteiger partial charge in [-0.3, -0.25) is 4.48 Å². The Labute approximate surface area is 187 Å². The van der Waals surface area contributed by atoms with Gasteiger partial charge in [0, 0.05) is 0 Å². The Balaban J connectivity index is 3.94. The molecular weight excluding hydrogens is 398 g/mol. The number of quaternary nitrogens is 1. The minimum Gasteiger partial charge on any atom is -0.477 e. The maximum Gasteiger partial charge on any atom is 0.359 e. The molecule has 0 rings (SSSR count). The van der Waals surface area contributed by atoms with Crippen LogP contribution in [0.3, 0.4) is 0 Å². The second-order valence-corrected chi connectivity index (χ2v) is 8.66. The van der Waals surface area contributed by atoms with E-state index >= 15 is 0 Å². The predicted octanol–water partition coefficient (Wildman–Crippen LogP) is 5.09. The summed E-state index contributed by atoms with van der Waals surface area (Å²) in [5.74, 6) is -3.54. The van der Waals surface area contributed by atoms with Crippen molar-refractivity contribution in [2.45, 2.75) is 96.8 Å². The number of allylic oxidation sites excluding steroid dienone is 2. The molecular formula is C24H44NO6+. The molecule has 0 unspecified atom stereocenters. The molecule has 0 aliphatic rings. The fourth-order valence-corrected chi connectivity index (χ4v) is 3.96. The molecule has 0 saturated heterocycles. The number of nitrogens with zero attached hydrogens (tertiary/aromatic N) is 1. The molecule has 0 amide bonds. The number of carboxylic acid groups (broad SMARTS) is 3. The van der Waals surface area contributed by atoms with Gasteiger partial charge in [0.15, 0.2) is 19.6 Å². The molecule has 0 atom stereocenters. The van der Waals surface area contributed by atoms with Crippen molar-refractivity contribution < 1.29 is 34.2 Å². The number of hydrogen-bond acceptors (Lipinski definition) is 3. The standard InChI is InChI=1S/C24H43NO6/c1-2-3-4-5-6-7-8-9-10-11-12-13-14-15-16-17-18-25(19-22(26)27,20-23(28)29)21-24(30)31/h12-13H,2-11,14-21H2,1H3,(H2-,26,27,28,29,30,31)/p+1/b13-12+. The summed E-state index contributed by atoms with van der Waals surface area (Å²) in [6.45, 7) is 1.02. The Kier molecular flexibility index (Phi) is 17.7. The van der Waals surface area contributed by atoms with Crippen LogP contribution in [-0.2, 0) is 14.4 Å². The van der Waals surface area contributed by atoms with Crippen LogP contribution in [0.1, 0.15) is 96.8 Å². The largest absolute Gasteiger partial charge is 0.477 e. The average molecular weight is 443 g/mol. The minimum atomic E-state index is -1.18. The highest BCUT2D eigenvalue weighted by Gasteiger charge is 2.35. The SMILES string of the molecule is CCCCCCCCCCC/C=C/CCCCC[N+](CC(=O)O)(CC(=O)O)CC(=O)O. The van der Waals surface area contributed by atoms with Crippen LogP contribution in [0.4, 0.5) is 0 Å². The third-order valence-corrected chi connectivity index (χ3v) is 5.56. The highest BCUT2D eigenvalue weighted by Crippen LogP contribution is 2.13. The molecule has 7 nitrogen and oxygen atoms in total. The van der Waals surface area contributed by atoms with Gasteiger partial charge >= 0.3 is 17.9 Å². The lowest BCUT2D eigenvalue weighted by Crippen LogP contribution is -2.57. The molecule has 0 aromatic rings. The molecule has 0 aromatic carbocycles. The first kappa shape index (κ1) is 29.1. The quantitative estimate of drug-likeness (QED) is 0.122. The first-order valence-electron chi connectivity index (χ1n) is 12.0. The van der Waals surface area contributed by atoms with Crippen molar-refractivity contribution in [2.24, 2.45) is 0 Å². The van der Waals surface area contributed by atoms with Crippen molar-refractivity contribution in [2.75, 3.05) is 26.2 Å². The molecule has 3 N–H and O–H groups in total. The number of carboxylic acids is 3. The van der Waals surface area contributed by atoms with E-state index in [2.05, 4.69) is 19.1 Å². The second kappa shape index (κ2) is 18.8. The van der Waals surface area contributed by atoms with Gasteiger partial charge < -0.3 is 15.3 Å². The van der Waals surface area contributed by atoms with Crippen molar-refractivity contribution in [1.82, 2.24) is 0 Å². The second-order valence-electron chi connectivity index (χ2n) is 8.66. The number of rotatable bonds is 22. The van der Waals surface area contributed by atoms with E-state index in [0.29, 0.717) is 6.42 Å². The molecule has 0 aromatic heterocycles. The van der Waals surface area contributed by atoms with Crippen LogP contribution in [0.15, 0.2) is 12.2 Å². The van der Waals surface area contributed by atoms with Crippen LogP contribution < -0.4 is 0 Å². The minimum absolute atomic E-state index is 0.243. The van der Waals surface area contributed by atoms with E-state index in [-0.39, 0.29) is 6.54 Å². The zero-order valence-electron chi connectivity index (χ0n) is 19.4. The third-order valence-electron chi connectivity index (χ3n) is 5.56. The summed E-state index contributed by atoms with van der Waals surface area (Å²) < 4.78 is -0.450. The van der Waals surface area contributed by atoms with E-state index in [1.54, 1.807) is 0 Å². The topological polar surface area (TPSA) is 112 Å². The molecule has 0 heterocycles. The Morgan fingerprint density at radius 1 is 0.581 bits per heavy atom. The van der Waals surface area contributed by atoms with Gasteiger partial charge in [-0.1, -0.05) is 70.4 Å². The van der Waals surface area contributed by atoms with Gasteiger partial charge in [-0.15, -0.1) is 0 Å². The van der Waals surface area contributed by atoms with Gasteiger partial charge in [-0.05, 0) is 38.5 Å². The molecule has 0 aliphatic heterocycles. The average Bonchev–Trinajstić information content (AvgIpc) is 2.66. The highest BCUT2D eigenvalue weighted by atomic mass is 16.4. The molecule has 0 radical (unpaired) electrons. The Hall–Kier alpha value is -1.89. The summed E-state index contributed by atoms with van der Waals surface area (Å²) in [5, 5.41) is 27.3. The molecule has 0 spiro atoms. The zero-order valence-corrected chi connectivity index (χ0v) is 19.4. The normalized spacial score (nSPS) is 11.8. The van der Waals surface area contributed by atoms with Crippen LogP contribution in [0.2, 0.25) is 0 Å². The van der Waals surface area contributed by atoms with Gasteiger partial charge in [0.2, 0.25) is 0 Å². The lowest BCUT2D eigenvalue weighted by molar-refractivity contribution is -0.907. The van der Waals surface area contributed by atoms with E-state index in [9.17, 15) is 14.4 Å². The van der Waals surface area contributed by atoms with Crippen molar-refractivity contribution in [3.63, 3.8) is 0 Å².